The largest absolute Gasteiger partial charge is 0.338 e. The van der Waals surface area contributed by atoms with Crippen LogP contribution >= 0.6 is 23.1 Å². The van der Waals surface area contributed by atoms with Gasteiger partial charge >= 0.3 is 0 Å². The molecule has 0 unspecified atom stereocenters. The lowest BCUT2D eigenvalue weighted by Crippen LogP contribution is -2.49. The third kappa shape index (κ3) is 3.81. The van der Waals surface area contributed by atoms with Gasteiger partial charge in [-0.2, -0.15) is 0 Å². The highest BCUT2D eigenvalue weighted by atomic mass is 32.2. The predicted molar refractivity (Wildman–Crippen MR) is 113 cm³/mol. The second-order valence-electron chi connectivity index (χ2n) is 6.74. The molecule has 9 heteroatoms. The number of thiophene rings is 1. The highest BCUT2D eigenvalue weighted by molar-refractivity contribution is 8.00. The SMILES string of the molecule is Cc1nc(SCC(=O)N2CCN(c3ncccn3)CC2)c2c(C)c(C)sc2n1. The van der Waals surface area contributed by atoms with E-state index in [4.69, 9.17) is 0 Å². The van der Waals surface area contributed by atoms with Crippen LogP contribution in [0.3, 0.4) is 0 Å². The smallest absolute Gasteiger partial charge is 0.233 e. The van der Waals surface area contributed by atoms with Gasteiger partial charge in [0.2, 0.25) is 11.9 Å². The fraction of sp³-hybridized carbons (Fsp3) is 0.421. The third-order valence-electron chi connectivity index (χ3n) is 4.91. The lowest BCUT2D eigenvalue weighted by Gasteiger charge is -2.34. The summed E-state index contributed by atoms with van der Waals surface area (Å²) in [5, 5.41) is 2.01. The highest BCUT2D eigenvalue weighted by Crippen LogP contribution is 2.35. The molecule has 4 heterocycles. The van der Waals surface area contributed by atoms with E-state index in [-0.39, 0.29) is 5.91 Å². The number of rotatable bonds is 4. The minimum absolute atomic E-state index is 0.146. The third-order valence-corrected chi connectivity index (χ3v) is 6.97. The molecule has 0 N–H and O–H groups in total. The number of thioether (sulfide) groups is 1. The first-order chi connectivity index (χ1) is 13.5. The molecule has 1 saturated heterocycles. The van der Waals surface area contributed by atoms with E-state index in [9.17, 15) is 4.79 Å². The molecule has 1 fully saturated rings. The molecule has 1 aliphatic rings. The molecule has 146 valence electrons. The van der Waals surface area contributed by atoms with Crippen LogP contribution in [0.4, 0.5) is 5.95 Å². The van der Waals surface area contributed by atoms with Crippen molar-refractivity contribution >= 4 is 45.2 Å². The standard InChI is InChI=1S/C19H22N6OS2/c1-12-13(2)28-18-16(12)17(22-14(3)23-18)27-11-15(26)24-7-9-25(10-8-24)19-20-5-4-6-21-19/h4-6H,7-11H2,1-3H3. The van der Waals surface area contributed by atoms with E-state index in [0.717, 1.165) is 40.1 Å². The fourth-order valence-corrected chi connectivity index (χ4v) is 5.42. The maximum Gasteiger partial charge on any atom is 0.233 e. The number of amides is 1. The summed E-state index contributed by atoms with van der Waals surface area (Å²) < 4.78 is 0. The van der Waals surface area contributed by atoms with Crippen LogP contribution in [0.1, 0.15) is 16.3 Å². The Balaban J connectivity index is 1.40. The number of hydrogen-bond acceptors (Lipinski definition) is 8. The normalized spacial score (nSPS) is 14.7. The van der Waals surface area contributed by atoms with E-state index < -0.39 is 0 Å². The Hall–Kier alpha value is -2.26. The number of aryl methyl sites for hydroxylation is 3. The van der Waals surface area contributed by atoms with E-state index in [0.29, 0.717) is 18.8 Å². The Morgan fingerprint density at radius 1 is 1.11 bits per heavy atom. The Bertz CT molecular complexity index is 999. The molecule has 3 aromatic rings. The maximum atomic E-state index is 12.7. The van der Waals surface area contributed by atoms with E-state index >= 15 is 0 Å². The highest BCUT2D eigenvalue weighted by Gasteiger charge is 2.23. The molecule has 1 aliphatic heterocycles. The van der Waals surface area contributed by atoms with Crippen LogP contribution < -0.4 is 4.90 Å². The van der Waals surface area contributed by atoms with E-state index in [2.05, 4.69) is 38.7 Å². The van der Waals surface area contributed by atoms with Gasteiger partial charge in [0.1, 0.15) is 15.7 Å². The lowest BCUT2D eigenvalue weighted by molar-refractivity contribution is -0.128. The van der Waals surface area contributed by atoms with Gasteiger partial charge in [-0.15, -0.1) is 11.3 Å². The van der Waals surface area contributed by atoms with Gasteiger partial charge in [-0.05, 0) is 32.4 Å². The van der Waals surface area contributed by atoms with Crippen molar-refractivity contribution < 1.29 is 4.79 Å². The molecule has 4 rings (SSSR count). The van der Waals surface area contributed by atoms with Crippen molar-refractivity contribution in [3.8, 4) is 0 Å². The zero-order valence-electron chi connectivity index (χ0n) is 16.2. The van der Waals surface area contributed by atoms with Gasteiger partial charge in [0.25, 0.3) is 0 Å². The second kappa shape index (κ2) is 8.00. The minimum Gasteiger partial charge on any atom is -0.338 e. The molecular formula is C19H22N6OS2. The van der Waals surface area contributed by atoms with Crippen LogP contribution in [0.2, 0.25) is 0 Å². The predicted octanol–water partition coefficient (Wildman–Crippen LogP) is 2.85. The number of nitrogens with zero attached hydrogens (tertiary/aromatic N) is 6. The molecule has 0 bridgehead atoms. The summed E-state index contributed by atoms with van der Waals surface area (Å²) in [6.07, 6.45) is 3.49. The molecule has 0 saturated carbocycles. The molecule has 7 nitrogen and oxygen atoms in total. The number of anilines is 1. The monoisotopic (exact) mass is 414 g/mol. The fourth-order valence-electron chi connectivity index (χ4n) is 3.25. The first-order valence-electron chi connectivity index (χ1n) is 9.20. The van der Waals surface area contributed by atoms with Crippen LogP contribution in [0.15, 0.2) is 23.5 Å². The van der Waals surface area contributed by atoms with Crippen molar-refractivity contribution in [2.24, 2.45) is 0 Å². The first-order valence-corrected chi connectivity index (χ1v) is 11.0. The van der Waals surface area contributed by atoms with Crippen molar-refractivity contribution in [2.75, 3.05) is 36.8 Å². The molecule has 0 atom stereocenters. The minimum atomic E-state index is 0.146. The lowest BCUT2D eigenvalue weighted by atomic mass is 10.2. The van der Waals surface area contributed by atoms with Crippen LogP contribution in [0, 0.1) is 20.8 Å². The molecule has 0 radical (unpaired) electrons. The molecular weight excluding hydrogens is 392 g/mol. The van der Waals surface area contributed by atoms with Crippen LogP contribution in [0.25, 0.3) is 10.2 Å². The number of piperazine rings is 1. The summed E-state index contributed by atoms with van der Waals surface area (Å²) in [7, 11) is 0. The molecule has 0 aliphatic carbocycles. The average Bonchev–Trinajstić information content (AvgIpc) is 3.00. The van der Waals surface area contributed by atoms with E-state index in [1.807, 2.05) is 17.9 Å². The van der Waals surface area contributed by atoms with E-state index in [1.165, 1.54) is 22.2 Å². The molecule has 28 heavy (non-hydrogen) atoms. The van der Waals surface area contributed by atoms with Crippen LogP contribution in [-0.4, -0.2) is 62.7 Å². The van der Waals surface area contributed by atoms with Crippen molar-refractivity contribution in [3.05, 3.63) is 34.7 Å². The Morgan fingerprint density at radius 3 is 2.54 bits per heavy atom. The van der Waals surface area contributed by atoms with Crippen LogP contribution in [0.5, 0.6) is 0 Å². The quantitative estimate of drug-likeness (QED) is 0.480. The number of fused-ring (bicyclic) bond motifs is 1. The molecule has 0 aromatic carbocycles. The Kier molecular flexibility index (Phi) is 5.45. The topological polar surface area (TPSA) is 75.1 Å². The Morgan fingerprint density at radius 2 is 1.82 bits per heavy atom. The van der Waals surface area contributed by atoms with Crippen molar-refractivity contribution in [2.45, 2.75) is 25.8 Å². The average molecular weight is 415 g/mol. The van der Waals surface area contributed by atoms with Gasteiger partial charge in [-0.1, -0.05) is 11.8 Å². The van der Waals surface area contributed by atoms with Gasteiger partial charge in [-0.25, -0.2) is 19.9 Å². The Labute approximate surface area is 172 Å². The van der Waals surface area contributed by atoms with Gasteiger partial charge < -0.3 is 9.80 Å². The summed E-state index contributed by atoms with van der Waals surface area (Å²) in [6.45, 7) is 8.98. The summed E-state index contributed by atoms with van der Waals surface area (Å²) in [5.74, 6) is 2.01. The summed E-state index contributed by atoms with van der Waals surface area (Å²) >= 11 is 3.21. The molecule has 3 aromatic heterocycles. The number of aromatic nitrogens is 4. The first kappa shape index (κ1) is 19.1. The number of hydrogen-bond donors (Lipinski definition) is 0. The summed E-state index contributed by atoms with van der Waals surface area (Å²) in [4.78, 5) is 36.8. The number of carbonyl (C=O) groups is 1. The molecule has 1 amide bonds. The number of carbonyl (C=O) groups excluding carboxylic acids is 1. The van der Waals surface area contributed by atoms with Gasteiger partial charge in [0.05, 0.1) is 5.75 Å². The van der Waals surface area contributed by atoms with E-state index in [1.54, 1.807) is 23.7 Å². The zero-order chi connectivity index (χ0) is 19.7. The zero-order valence-corrected chi connectivity index (χ0v) is 17.8. The van der Waals surface area contributed by atoms with Crippen molar-refractivity contribution in [3.63, 3.8) is 0 Å². The summed E-state index contributed by atoms with van der Waals surface area (Å²) in [5.41, 5.74) is 1.21. The van der Waals surface area contributed by atoms with Crippen molar-refractivity contribution in [1.29, 1.82) is 0 Å². The van der Waals surface area contributed by atoms with Crippen LogP contribution in [-0.2, 0) is 4.79 Å². The van der Waals surface area contributed by atoms with Gasteiger partial charge in [-0.3, -0.25) is 4.79 Å². The van der Waals surface area contributed by atoms with Gasteiger partial charge in [0.15, 0.2) is 0 Å². The van der Waals surface area contributed by atoms with Crippen molar-refractivity contribution in [1.82, 2.24) is 24.8 Å². The maximum absolute atomic E-state index is 12.7. The molecule has 0 spiro atoms. The van der Waals surface area contributed by atoms with Gasteiger partial charge in [0, 0.05) is 48.8 Å². The summed E-state index contributed by atoms with van der Waals surface area (Å²) in [6, 6.07) is 1.81. The second-order valence-corrected chi connectivity index (χ2v) is 8.91.